The Labute approximate surface area is 177 Å². The molecule has 4 rings (SSSR count). The van der Waals surface area contributed by atoms with Crippen LogP contribution in [0, 0.1) is 11.8 Å². The number of nitrogens with zero attached hydrogens (tertiary/aromatic N) is 2. The molecule has 3 unspecified atom stereocenters. The number of nitrogens with one attached hydrogen (secondary N) is 2. The lowest BCUT2D eigenvalue weighted by Crippen LogP contribution is -2.57. The summed E-state index contributed by atoms with van der Waals surface area (Å²) in [6.07, 6.45) is 2.76. The zero-order valence-electron chi connectivity index (χ0n) is 16.7. The Morgan fingerprint density at radius 3 is 2.76 bits per heavy atom. The van der Waals surface area contributed by atoms with Crippen LogP contribution < -0.4 is 10.6 Å². The quantitative estimate of drug-likeness (QED) is 0.777. The lowest BCUT2D eigenvalue weighted by Gasteiger charge is -2.41. The SMILES string of the molecule is CC1CC1C(=O)Nc1cccc(C(=O)N2CCCC(N3CCNCC3=O)C2)c1.Cl. The highest BCUT2D eigenvalue weighted by Crippen LogP contribution is 2.38. The van der Waals surface area contributed by atoms with Crippen molar-refractivity contribution in [3.63, 3.8) is 0 Å². The molecule has 0 radical (unpaired) electrons. The Morgan fingerprint density at radius 1 is 1.24 bits per heavy atom. The van der Waals surface area contributed by atoms with Gasteiger partial charge in [0, 0.05) is 49.4 Å². The van der Waals surface area contributed by atoms with Gasteiger partial charge in [0.25, 0.3) is 5.91 Å². The first-order valence-electron chi connectivity index (χ1n) is 10.2. The smallest absolute Gasteiger partial charge is 0.253 e. The maximum atomic E-state index is 13.0. The van der Waals surface area contributed by atoms with Crippen LogP contribution in [0.15, 0.2) is 24.3 Å². The molecule has 3 atom stereocenters. The Hall–Kier alpha value is -2.12. The van der Waals surface area contributed by atoms with Crippen LogP contribution in [0.4, 0.5) is 5.69 Å². The lowest BCUT2D eigenvalue weighted by molar-refractivity contribution is -0.135. The van der Waals surface area contributed by atoms with Crippen molar-refractivity contribution in [2.24, 2.45) is 11.8 Å². The van der Waals surface area contributed by atoms with Gasteiger partial charge in [-0.1, -0.05) is 13.0 Å². The molecule has 7 nitrogen and oxygen atoms in total. The van der Waals surface area contributed by atoms with Crippen molar-refractivity contribution < 1.29 is 14.4 Å². The van der Waals surface area contributed by atoms with Gasteiger partial charge in [0.2, 0.25) is 11.8 Å². The van der Waals surface area contributed by atoms with Gasteiger partial charge in [-0.05, 0) is 43.4 Å². The van der Waals surface area contributed by atoms with E-state index in [9.17, 15) is 14.4 Å². The number of amides is 3. The van der Waals surface area contributed by atoms with E-state index in [1.165, 1.54) is 0 Å². The van der Waals surface area contributed by atoms with E-state index in [1.54, 1.807) is 18.2 Å². The van der Waals surface area contributed by atoms with E-state index in [-0.39, 0.29) is 42.1 Å². The molecule has 2 aliphatic heterocycles. The molecule has 1 aromatic carbocycles. The van der Waals surface area contributed by atoms with E-state index in [1.807, 2.05) is 15.9 Å². The molecule has 2 saturated heterocycles. The van der Waals surface area contributed by atoms with Crippen LogP contribution in [-0.4, -0.2) is 66.3 Å². The Bertz CT molecular complexity index is 787. The third-order valence-electron chi connectivity index (χ3n) is 6.07. The highest BCUT2D eigenvalue weighted by molar-refractivity contribution is 5.98. The summed E-state index contributed by atoms with van der Waals surface area (Å²) >= 11 is 0. The highest BCUT2D eigenvalue weighted by atomic mass is 35.5. The number of rotatable bonds is 4. The van der Waals surface area contributed by atoms with Gasteiger partial charge in [0.1, 0.15) is 0 Å². The van der Waals surface area contributed by atoms with Crippen LogP contribution in [0.2, 0.25) is 0 Å². The van der Waals surface area contributed by atoms with Crippen molar-refractivity contribution in [2.45, 2.75) is 32.2 Å². The normalized spacial score (nSPS) is 26.5. The molecule has 8 heteroatoms. The molecule has 158 valence electrons. The molecule has 0 bridgehead atoms. The molecule has 0 aromatic heterocycles. The fraction of sp³-hybridized carbons (Fsp3) is 0.571. The summed E-state index contributed by atoms with van der Waals surface area (Å²) < 4.78 is 0. The average Bonchev–Trinajstić information content (AvgIpc) is 3.45. The van der Waals surface area contributed by atoms with Crippen LogP contribution in [0.1, 0.15) is 36.5 Å². The van der Waals surface area contributed by atoms with Crippen molar-refractivity contribution >= 4 is 35.8 Å². The summed E-state index contributed by atoms with van der Waals surface area (Å²) in [5.41, 5.74) is 1.25. The van der Waals surface area contributed by atoms with Gasteiger partial charge in [-0.2, -0.15) is 0 Å². The second-order valence-corrected chi connectivity index (χ2v) is 8.20. The average molecular weight is 421 g/mol. The zero-order valence-corrected chi connectivity index (χ0v) is 17.5. The van der Waals surface area contributed by atoms with Gasteiger partial charge in [-0.3, -0.25) is 14.4 Å². The summed E-state index contributed by atoms with van der Waals surface area (Å²) in [4.78, 5) is 41.2. The van der Waals surface area contributed by atoms with Gasteiger partial charge in [-0.25, -0.2) is 0 Å². The fourth-order valence-corrected chi connectivity index (χ4v) is 4.24. The minimum atomic E-state index is -0.0387. The number of carbonyl (C=O) groups excluding carboxylic acids is 3. The Kier molecular flexibility index (Phi) is 6.80. The lowest BCUT2D eigenvalue weighted by atomic mass is 10.0. The number of piperidine rings is 1. The van der Waals surface area contributed by atoms with E-state index >= 15 is 0 Å². The third-order valence-corrected chi connectivity index (χ3v) is 6.07. The first kappa shape index (κ1) is 21.6. The molecule has 2 heterocycles. The topological polar surface area (TPSA) is 81.8 Å². The van der Waals surface area contributed by atoms with Gasteiger partial charge in [0.05, 0.1) is 6.54 Å². The van der Waals surface area contributed by atoms with Gasteiger partial charge in [-0.15, -0.1) is 12.4 Å². The highest BCUT2D eigenvalue weighted by Gasteiger charge is 2.39. The number of hydrogen-bond donors (Lipinski definition) is 2. The van der Waals surface area contributed by atoms with Crippen LogP contribution in [0.3, 0.4) is 0 Å². The number of anilines is 1. The molecule has 0 spiro atoms. The maximum absolute atomic E-state index is 13.0. The molecule has 1 aliphatic carbocycles. The minimum Gasteiger partial charge on any atom is -0.337 e. The second kappa shape index (κ2) is 9.13. The van der Waals surface area contributed by atoms with Crippen molar-refractivity contribution in [2.75, 3.05) is 38.0 Å². The molecule has 29 heavy (non-hydrogen) atoms. The predicted octanol–water partition coefficient (Wildman–Crippen LogP) is 1.74. The fourth-order valence-electron chi connectivity index (χ4n) is 4.24. The second-order valence-electron chi connectivity index (χ2n) is 8.20. The summed E-state index contributed by atoms with van der Waals surface area (Å²) in [5, 5.41) is 6.02. The van der Waals surface area contributed by atoms with E-state index in [0.29, 0.717) is 43.3 Å². The minimum absolute atomic E-state index is 0. The number of carbonyl (C=O) groups is 3. The number of halogens is 1. The molecule has 1 saturated carbocycles. The van der Waals surface area contributed by atoms with Gasteiger partial charge in [0.15, 0.2) is 0 Å². The maximum Gasteiger partial charge on any atom is 0.253 e. The molecule has 3 fully saturated rings. The van der Waals surface area contributed by atoms with Gasteiger partial charge >= 0.3 is 0 Å². The van der Waals surface area contributed by atoms with Crippen LogP contribution >= 0.6 is 12.4 Å². The van der Waals surface area contributed by atoms with Crippen molar-refractivity contribution in [1.82, 2.24) is 15.1 Å². The summed E-state index contributed by atoms with van der Waals surface area (Å²) in [6.45, 7) is 5.22. The molecular weight excluding hydrogens is 392 g/mol. The Morgan fingerprint density at radius 2 is 2.03 bits per heavy atom. The van der Waals surface area contributed by atoms with Crippen molar-refractivity contribution in [3.8, 4) is 0 Å². The predicted molar refractivity (Wildman–Crippen MR) is 113 cm³/mol. The number of piperazine rings is 1. The first-order chi connectivity index (χ1) is 13.5. The van der Waals surface area contributed by atoms with E-state index in [2.05, 4.69) is 17.6 Å². The zero-order chi connectivity index (χ0) is 19.7. The van der Waals surface area contributed by atoms with Crippen molar-refractivity contribution in [1.29, 1.82) is 0 Å². The van der Waals surface area contributed by atoms with E-state index in [4.69, 9.17) is 0 Å². The molecular formula is C21H29ClN4O3. The number of benzene rings is 1. The largest absolute Gasteiger partial charge is 0.337 e. The Balaban J connectivity index is 0.00000240. The summed E-state index contributed by atoms with van der Waals surface area (Å²) in [7, 11) is 0. The molecule has 1 aromatic rings. The van der Waals surface area contributed by atoms with E-state index < -0.39 is 0 Å². The summed E-state index contributed by atoms with van der Waals surface area (Å²) in [6, 6.07) is 7.26. The first-order valence-corrected chi connectivity index (χ1v) is 10.2. The molecule has 3 aliphatic rings. The van der Waals surface area contributed by atoms with Crippen LogP contribution in [0.5, 0.6) is 0 Å². The van der Waals surface area contributed by atoms with E-state index in [0.717, 1.165) is 25.8 Å². The monoisotopic (exact) mass is 420 g/mol. The van der Waals surface area contributed by atoms with Crippen LogP contribution in [0.25, 0.3) is 0 Å². The number of likely N-dealkylation sites (tertiary alicyclic amines) is 1. The standard InChI is InChI=1S/C21H28N4O3.ClH/c1-14-10-18(14)20(27)23-16-5-2-4-15(11-16)21(28)24-8-3-6-17(13-24)25-9-7-22-12-19(25)26;/h2,4-5,11,14,17-18,22H,3,6-10,12-13H2,1H3,(H,23,27);1H. The molecule has 3 amide bonds. The third kappa shape index (κ3) is 4.90. The van der Waals surface area contributed by atoms with Gasteiger partial charge < -0.3 is 20.4 Å². The van der Waals surface area contributed by atoms with Crippen molar-refractivity contribution in [3.05, 3.63) is 29.8 Å². The molecule has 2 N–H and O–H groups in total. The summed E-state index contributed by atoms with van der Waals surface area (Å²) in [5.74, 6) is 0.654. The number of hydrogen-bond acceptors (Lipinski definition) is 4. The van der Waals surface area contributed by atoms with Crippen LogP contribution in [-0.2, 0) is 9.59 Å².